The first-order valence-corrected chi connectivity index (χ1v) is 8.11. The molecule has 0 aliphatic carbocycles. The van der Waals surface area contributed by atoms with Crippen LogP contribution in [0.1, 0.15) is 30.6 Å². The summed E-state index contributed by atoms with van der Waals surface area (Å²) in [5, 5.41) is 0. The molecule has 0 unspecified atom stereocenters. The van der Waals surface area contributed by atoms with Gasteiger partial charge in [-0.15, -0.1) is 0 Å². The zero-order chi connectivity index (χ0) is 17.7. The maximum Gasteiger partial charge on any atom is 0.342 e. The Kier molecular flexibility index (Phi) is 6.06. The van der Waals surface area contributed by atoms with Gasteiger partial charge in [0.15, 0.2) is 6.61 Å². The zero-order valence-corrected chi connectivity index (χ0v) is 14.7. The number of rotatable bonds is 5. The molecule has 0 aromatic heterocycles. The highest BCUT2D eigenvalue weighted by Crippen LogP contribution is 2.25. The van der Waals surface area contributed by atoms with E-state index in [1.54, 1.807) is 23.1 Å². The number of amides is 1. The summed E-state index contributed by atoms with van der Waals surface area (Å²) in [6, 6.07) is 4.82. The predicted octanol–water partition coefficient (Wildman–Crippen LogP) is 2.37. The Balaban J connectivity index is 1.96. The third kappa shape index (κ3) is 4.40. The van der Waals surface area contributed by atoms with Crippen LogP contribution in [-0.4, -0.2) is 50.7 Å². The summed E-state index contributed by atoms with van der Waals surface area (Å²) >= 11 is 0. The number of benzene rings is 1. The number of methoxy groups -OCH3 is 2. The Morgan fingerprint density at radius 3 is 2.38 bits per heavy atom. The molecule has 1 aliphatic heterocycles. The molecule has 1 aromatic rings. The van der Waals surface area contributed by atoms with E-state index in [9.17, 15) is 9.59 Å². The van der Waals surface area contributed by atoms with Gasteiger partial charge >= 0.3 is 5.97 Å². The highest BCUT2D eigenvalue weighted by molar-refractivity contribution is 5.94. The lowest BCUT2D eigenvalue weighted by molar-refractivity contribution is -0.137. The van der Waals surface area contributed by atoms with E-state index in [1.807, 2.05) is 0 Å². The zero-order valence-electron chi connectivity index (χ0n) is 14.7. The second-order valence-corrected chi connectivity index (χ2v) is 6.39. The van der Waals surface area contributed by atoms with Crippen molar-refractivity contribution in [2.24, 2.45) is 11.8 Å². The Labute approximate surface area is 142 Å². The van der Waals surface area contributed by atoms with Gasteiger partial charge in [-0.05, 0) is 30.4 Å². The van der Waals surface area contributed by atoms with Crippen LogP contribution >= 0.6 is 0 Å². The van der Waals surface area contributed by atoms with Crippen LogP contribution in [0.2, 0.25) is 0 Å². The van der Waals surface area contributed by atoms with Crippen LogP contribution in [0.15, 0.2) is 18.2 Å². The normalized spacial score (nSPS) is 20.4. The van der Waals surface area contributed by atoms with E-state index >= 15 is 0 Å². The van der Waals surface area contributed by atoms with Gasteiger partial charge in [-0.2, -0.15) is 0 Å². The van der Waals surface area contributed by atoms with Gasteiger partial charge in [0.05, 0.1) is 14.2 Å². The van der Waals surface area contributed by atoms with Crippen LogP contribution in [0.4, 0.5) is 0 Å². The van der Waals surface area contributed by atoms with Gasteiger partial charge in [0.25, 0.3) is 5.91 Å². The number of carbonyl (C=O) groups excluding carboxylic acids is 2. The molecule has 0 spiro atoms. The molecule has 6 nitrogen and oxygen atoms in total. The van der Waals surface area contributed by atoms with Crippen LogP contribution in [0, 0.1) is 11.8 Å². The first-order chi connectivity index (χ1) is 11.4. The molecule has 1 fully saturated rings. The van der Waals surface area contributed by atoms with Gasteiger partial charge in [-0.1, -0.05) is 13.8 Å². The summed E-state index contributed by atoms with van der Waals surface area (Å²) in [6.45, 7) is 5.43. The number of carbonyl (C=O) groups is 2. The Morgan fingerprint density at radius 1 is 1.12 bits per heavy atom. The molecular formula is C18H25NO5. The van der Waals surface area contributed by atoms with E-state index in [4.69, 9.17) is 14.2 Å². The summed E-state index contributed by atoms with van der Waals surface area (Å²) in [6.07, 6.45) is 1.12. The minimum atomic E-state index is -0.582. The Morgan fingerprint density at radius 2 is 1.79 bits per heavy atom. The van der Waals surface area contributed by atoms with Crippen molar-refractivity contribution in [3.63, 3.8) is 0 Å². The first kappa shape index (κ1) is 18.1. The third-order valence-electron chi connectivity index (χ3n) is 4.18. The van der Waals surface area contributed by atoms with E-state index in [1.165, 1.54) is 14.2 Å². The summed E-state index contributed by atoms with van der Waals surface area (Å²) in [5.74, 6) is 1.13. The lowest BCUT2D eigenvalue weighted by Crippen LogP contribution is -2.44. The van der Waals surface area contributed by atoms with Crippen molar-refractivity contribution < 1.29 is 23.8 Å². The molecule has 2 rings (SSSR count). The summed E-state index contributed by atoms with van der Waals surface area (Å²) < 4.78 is 15.5. The molecule has 0 bridgehead atoms. The fourth-order valence-electron chi connectivity index (χ4n) is 3.13. The largest absolute Gasteiger partial charge is 0.497 e. The molecule has 1 aliphatic rings. The van der Waals surface area contributed by atoms with Crippen LogP contribution in [0.5, 0.6) is 11.5 Å². The van der Waals surface area contributed by atoms with Gasteiger partial charge in [-0.3, -0.25) is 4.79 Å². The molecule has 0 saturated carbocycles. The fraction of sp³-hybridized carbons (Fsp3) is 0.556. The van der Waals surface area contributed by atoms with Gasteiger partial charge in [0, 0.05) is 19.2 Å². The van der Waals surface area contributed by atoms with Gasteiger partial charge in [-0.25, -0.2) is 4.79 Å². The van der Waals surface area contributed by atoms with Crippen LogP contribution < -0.4 is 9.47 Å². The molecule has 1 saturated heterocycles. The van der Waals surface area contributed by atoms with E-state index in [0.717, 1.165) is 6.42 Å². The van der Waals surface area contributed by atoms with E-state index in [0.29, 0.717) is 36.4 Å². The second kappa shape index (κ2) is 8.04. The van der Waals surface area contributed by atoms with Crippen LogP contribution in [-0.2, 0) is 9.53 Å². The second-order valence-electron chi connectivity index (χ2n) is 6.39. The van der Waals surface area contributed by atoms with Gasteiger partial charge in [0.2, 0.25) is 0 Å². The van der Waals surface area contributed by atoms with Crippen molar-refractivity contribution in [2.45, 2.75) is 20.3 Å². The SMILES string of the molecule is COc1ccc(C(=O)OCC(=O)N2C[C@@H](C)C[C@H](C)C2)c(OC)c1. The number of esters is 1. The lowest BCUT2D eigenvalue weighted by atomic mass is 9.92. The molecule has 0 N–H and O–H groups in total. The van der Waals surface area contributed by atoms with Crippen molar-refractivity contribution in [1.29, 1.82) is 0 Å². The standard InChI is InChI=1S/C18H25NO5/c1-12-7-13(2)10-19(9-12)17(20)11-24-18(21)15-6-5-14(22-3)8-16(15)23-4/h5-6,8,12-13H,7,9-11H2,1-4H3/t12-,13-/m0/s1. The Hall–Kier alpha value is -2.24. The summed E-state index contributed by atoms with van der Waals surface area (Å²) in [5.41, 5.74) is 0.270. The predicted molar refractivity (Wildman–Crippen MR) is 89.4 cm³/mol. The maximum atomic E-state index is 12.3. The fourth-order valence-corrected chi connectivity index (χ4v) is 3.13. The number of hydrogen-bond acceptors (Lipinski definition) is 5. The lowest BCUT2D eigenvalue weighted by Gasteiger charge is -2.34. The molecule has 24 heavy (non-hydrogen) atoms. The average molecular weight is 335 g/mol. The number of piperidine rings is 1. The number of hydrogen-bond donors (Lipinski definition) is 0. The molecule has 132 valence electrons. The molecule has 1 aromatic carbocycles. The third-order valence-corrected chi connectivity index (χ3v) is 4.18. The molecule has 0 radical (unpaired) electrons. The van der Waals surface area contributed by atoms with Crippen molar-refractivity contribution >= 4 is 11.9 Å². The summed E-state index contributed by atoms with van der Waals surface area (Å²) in [7, 11) is 3.00. The summed E-state index contributed by atoms with van der Waals surface area (Å²) in [4.78, 5) is 26.3. The molecule has 2 atom stereocenters. The van der Waals surface area contributed by atoms with Gasteiger partial charge < -0.3 is 19.1 Å². The maximum absolute atomic E-state index is 12.3. The van der Waals surface area contributed by atoms with Crippen molar-refractivity contribution in [2.75, 3.05) is 33.9 Å². The highest BCUT2D eigenvalue weighted by Gasteiger charge is 2.26. The van der Waals surface area contributed by atoms with Crippen molar-refractivity contribution in [1.82, 2.24) is 4.90 Å². The topological polar surface area (TPSA) is 65.1 Å². The number of likely N-dealkylation sites (tertiary alicyclic amines) is 1. The number of ether oxygens (including phenoxy) is 3. The van der Waals surface area contributed by atoms with Gasteiger partial charge in [0.1, 0.15) is 17.1 Å². The monoisotopic (exact) mass is 335 g/mol. The minimum Gasteiger partial charge on any atom is -0.497 e. The minimum absolute atomic E-state index is 0.158. The quantitative estimate of drug-likeness (QED) is 0.773. The van der Waals surface area contributed by atoms with Crippen molar-refractivity contribution in [3.05, 3.63) is 23.8 Å². The molecular weight excluding hydrogens is 310 g/mol. The molecule has 1 amide bonds. The van der Waals surface area contributed by atoms with E-state index in [2.05, 4.69) is 13.8 Å². The number of nitrogens with zero attached hydrogens (tertiary/aromatic N) is 1. The van der Waals surface area contributed by atoms with Crippen molar-refractivity contribution in [3.8, 4) is 11.5 Å². The van der Waals surface area contributed by atoms with E-state index < -0.39 is 5.97 Å². The van der Waals surface area contributed by atoms with E-state index in [-0.39, 0.29) is 18.1 Å². The Bertz CT molecular complexity index is 591. The smallest absolute Gasteiger partial charge is 0.342 e. The average Bonchev–Trinajstić information content (AvgIpc) is 2.57. The molecule has 6 heteroatoms. The van der Waals surface area contributed by atoms with Crippen LogP contribution in [0.25, 0.3) is 0 Å². The molecule has 1 heterocycles. The van der Waals surface area contributed by atoms with Crippen LogP contribution in [0.3, 0.4) is 0 Å². The first-order valence-electron chi connectivity index (χ1n) is 8.11. The highest BCUT2D eigenvalue weighted by atomic mass is 16.5.